The maximum absolute atomic E-state index is 14.0. The molecule has 0 aliphatic carbocycles. The summed E-state index contributed by atoms with van der Waals surface area (Å²) >= 11 is 2.24. The van der Waals surface area contributed by atoms with Crippen molar-refractivity contribution < 1.29 is 76.7 Å². The second-order valence-corrected chi connectivity index (χ2v) is 24.4. The lowest BCUT2D eigenvalue weighted by atomic mass is 9.99. The number of unbranched alkanes of at least 4 members (excludes halogenated alkanes) is 1. The maximum atomic E-state index is 14.0. The number of hydrogen-bond acceptors (Lipinski definition) is 17. The molecule has 26 nitrogen and oxygen atoms in total. The van der Waals surface area contributed by atoms with Crippen LogP contribution in [-0.2, 0) is 78.7 Å². The van der Waals surface area contributed by atoms with Gasteiger partial charge in [-0.05, 0) is 103 Å². The van der Waals surface area contributed by atoms with Crippen LogP contribution in [0.5, 0.6) is 0 Å². The van der Waals surface area contributed by atoms with Gasteiger partial charge in [-0.25, -0.2) is 8.78 Å². The average Bonchev–Trinajstić information content (AvgIpc) is 2.08. The summed E-state index contributed by atoms with van der Waals surface area (Å²) in [5, 5.41) is 49.4. The molecule has 6 amide bonds. The number of benzene rings is 2. The number of aryl methyl sites for hydroxylation is 1. The lowest BCUT2D eigenvalue weighted by Crippen LogP contribution is -2.52. The summed E-state index contributed by atoms with van der Waals surface area (Å²) in [7, 11) is 1.94. The minimum absolute atomic E-state index is 0.0349. The van der Waals surface area contributed by atoms with Gasteiger partial charge in [-0.15, -0.1) is 0 Å². The Kier molecular flexibility index (Phi) is 29.2. The van der Waals surface area contributed by atoms with E-state index in [9.17, 15) is 72.5 Å². The molecule has 0 aromatic heterocycles. The van der Waals surface area contributed by atoms with Crippen LogP contribution in [0.25, 0.3) is 0 Å². The van der Waals surface area contributed by atoms with Gasteiger partial charge >= 0.3 is 17.9 Å². The van der Waals surface area contributed by atoms with Gasteiger partial charge in [-0.1, -0.05) is 30.3 Å². The molecule has 4 heterocycles. The molecule has 7 N–H and O–H groups in total. The number of likely N-dealkylation sites (tertiary alicyclic amines) is 1. The average molecular weight is 1360 g/mol. The van der Waals surface area contributed by atoms with Crippen LogP contribution < -0.4 is 21.3 Å². The number of alkyl halides is 2. The number of aliphatic carboxylic acids is 3. The van der Waals surface area contributed by atoms with E-state index in [2.05, 4.69) is 48.8 Å². The van der Waals surface area contributed by atoms with Crippen LogP contribution in [0.1, 0.15) is 73.6 Å². The molecule has 29 heteroatoms. The van der Waals surface area contributed by atoms with Crippen molar-refractivity contribution in [1.29, 1.82) is 5.26 Å². The van der Waals surface area contributed by atoms with Gasteiger partial charge in [0.1, 0.15) is 18.1 Å². The van der Waals surface area contributed by atoms with Gasteiger partial charge in [0.25, 0.3) is 5.92 Å². The van der Waals surface area contributed by atoms with Crippen molar-refractivity contribution in [3.8, 4) is 6.07 Å². The van der Waals surface area contributed by atoms with Crippen molar-refractivity contribution >= 4 is 75.9 Å². The highest BCUT2D eigenvalue weighted by Gasteiger charge is 2.50. The number of rotatable bonds is 33. The number of nitrogens with zero attached hydrogens (tertiary/aromatic N) is 8. The lowest BCUT2D eigenvalue weighted by Gasteiger charge is -2.33. The Morgan fingerprint density at radius 2 is 1.38 bits per heavy atom. The summed E-state index contributed by atoms with van der Waals surface area (Å²) < 4.78 is 40.8. The number of carbonyl (C=O) groups excluding carboxylic acids is 6. The minimum Gasteiger partial charge on any atom is -0.480 e. The fourth-order valence-electron chi connectivity index (χ4n) is 11.3. The van der Waals surface area contributed by atoms with E-state index in [1.807, 2.05) is 49.5 Å². The standard InChI is InChI=1S/C60H85F2IN12O14/c1-69(34-43-7-5-8-44-35-74(36-48(43)44)53(78)31-45-30-50(68-57(45)85)59(87)75-41-60(61,62)32-47(75)33-64)25-27-89-29-28-88-26-16-66-58(86)49(9-2-3-15-65-51(76)10-4-6-42-11-13-46(63)14-12-42)67-52(77)37-70-17-19-71(38-54(79)80)21-23-73(40-56(83)84)24-22-72(20-18-70)39-55(81)82/h5,7-8,11-14,45,47,49-50H,2-4,6,9-10,15-32,34-41H2,1H3,(H,65,76)(H,66,86)(H,67,77)(H,68,85)(H,79,80)(H,81,82)(H,83,84)/t45-,47-,49?,50-/m0/s1. The molecule has 490 valence electrons. The van der Waals surface area contributed by atoms with Crippen LogP contribution in [0.3, 0.4) is 0 Å². The summed E-state index contributed by atoms with van der Waals surface area (Å²) in [5.41, 5.74) is 4.15. The molecule has 2 aromatic rings. The summed E-state index contributed by atoms with van der Waals surface area (Å²) in [6, 6.07) is 12.4. The first-order valence-corrected chi connectivity index (χ1v) is 31.3. The zero-order chi connectivity index (χ0) is 64.5. The molecular formula is C60H85F2IN12O14. The van der Waals surface area contributed by atoms with Crippen LogP contribution >= 0.6 is 22.6 Å². The van der Waals surface area contributed by atoms with E-state index < -0.39 is 84.5 Å². The first-order valence-electron chi connectivity index (χ1n) is 30.3. The molecule has 3 fully saturated rings. The topological polar surface area (TPSA) is 327 Å². The number of likely N-dealkylation sites (N-methyl/N-ethyl adjacent to an activating group) is 1. The highest BCUT2D eigenvalue weighted by molar-refractivity contribution is 14.1. The van der Waals surface area contributed by atoms with E-state index in [-0.39, 0.29) is 136 Å². The Morgan fingerprint density at radius 1 is 0.775 bits per heavy atom. The Balaban J connectivity index is 0.926. The van der Waals surface area contributed by atoms with Crippen molar-refractivity contribution in [3.63, 3.8) is 0 Å². The third kappa shape index (κ3) is 25.0. The number of carboxylic acids is 3. The summed E-state index contributed by atoms with van der Waals surface area (Å²) in [6.07, 6.45) is 2.13. The zero-order valence-corrected chi connectivity index (χ0v) is 52.7. The van der Waals surface area contributed by atoms with Crippen molar-refractivity contribution in [1.82, 2.24) is 55.6 Å². The summed E-state index contributed by atoms with van der Waals surface area (Å²) in [5.74, 6) is -9.79. The van der Waals surface area contributed by atoms with E-state index in [4.69, 9.17) is 9.47 Å². The third-order valence-corrected chi connectivity index (χ3v) is 16.8. The molecule has 0 saturated carbocycles. The Morgan fingerprint density at radius 3 is 1.99 bits per heavy atom. The largest absolute Gasteiger partial charge is 0.480 e. The molecule has 89 heavy (non-hydrogen) atoms. The normalized spacial score (nSPS) is 19.8. The quantitative estimate of drug-likeness (QED) is 0.0381. The van der Waals surface area contributed by atoms with E-state index in [1.54, 1.807) is 30.6 Å². The summed E-state index contributed by atoms with van der Waals surface area (Å²) in [6.45, 7) is 3.00. The fourth-order valence-corrected chi connectivity index (χ4v) is 11.6. The second kappa shape index (κ2) is 36.4. The smallest absolute Gasteiger partial charge is 0.317 e. The fraction of sp³-hybridized carbons (Fsp3) is 0.633. The summed E-state index contributed by atoms with van der Waals surface area (Å²) in [4.78, 5) is 126. The van der Waals surface area contributed by atoms with E-state index >= 15 is 0 Å². The van der Waals surface area contributed by atoms with Gasteiger partial charge < -0.3 is 55.9 Å². The third-order valence-electron chi connectivity index (χ3n) is 16.1. The predicted molar refractivity (Wildman–Crippen MR) is 327 cm³/mol. The van der Waals surface area contributed by atoms with Crippen molar-refractivity contribution in [2.45, 2.75) is 101 Å². The highest BCUT2D eigenvalue weighted by atomic mass is 127. The van der Waals surface area contributed by atoms with Gasteiger partial charge in [0, 0.05) is 120 Å². The van der Waals surface area contributed by atoms with Gasteiger partial charge in [-0.3, -0.25) is 67.7 Å². The zero-order valence-electron chi connectivity index (χ0n) is 50.5. The van der Waals surface area contributed by atoms with E-state index in [0.717, 1.165) is 37.1 Å². The number of amides is 6. The van der Waals surface area contributed by atoms with Gasteiger partial charge in [0.05, 0.1) is 65.2 Å². The van der Waals surface area contributed by atoms with Crippen LogP contribution in [0.2, 0.25) is 0 Å². The van der Waals surface area contributed by atoms with Crippen LogP contribution in [0.4, 0.5) is 8.78 Å². The monoisotopic (exact) mass is 1360 g/mol. The molecule has 0 radical (unpaired) electrons. The maximum Gasteiger partial charge on any atom is 0.317 e. The number of carbonyl (C=O) groups is 9. The second-order valence-electron chi connectivity index (χ2n) is 23.2. The SMILES string of the molecule is CN(CCOCCOCCNC(=O)C(CCCCNC(=O)CCCc1ccc(I)cc1)NC(=O)CN1CCN(CC(=O)O)CCN(CC(=O)O)CCN(CC(=O)O)CC1)Cc1cccc2c1CN(C(=O)C[C@@H]1C[C@@H](C(=O)N3CC(F)(F)C[C@H]3C#N)NC1=O)C2. The molecule has 1 unspecified atom stereocenters. The molecule has 3 saturated heterocycles. The molecule has 2 aromatic carbocycles. The van der Waals surface area contributed by atoms with Crippen LogP contribution in [0, 0.1) is 20.8 Å². The van der Waals surface area contributed by atoms with E-state index in [0.29, 0.717) is 65.0 Å². The number of ether oxygens (including phenoxy) is 2. The molecule has 6 rings (SSSR count). The predicted octanol–water partition coefficient (Wildman–Crippen LogP) is 0.639. The first-order chi connectivity index (χ1) is 42.5. The molecular weight excluding hydrogens is 1280 g/mol. The van der Waals surface area contributed by atoms with Crippen molar-refractivity contribution in [2.75, 3.05) is 138 Å². The molecule has 4 atom stereocenters. The first kappa shape index (κ1) is 71.5. The molecule has 4 aliphatic heterocycles. The molecule has 0 bridgehead atoms. The van der Waals surface area contributed by atoms with Crippen LogP contribution in [-0.4, -0.2) is 265 Å². The van der Waals surface area contributed by atoms with E-state index in [1.165, 1.54) is 0 Å². The minimum atomic E-state index is -3.20. The Labute approximate surface area is 531 Å². The number of fused-ring (bicyclic) bond motifs is 1. The number of carboxylic acid groups (broad SMARTS) is 3. The van der Waals surface area contributed by atoms with Crippen molar-refractivity contribution in [2.24, 2.45) is 5.92 Å². The van der Waals surface area contributed by atoms with Crippen molar-refractivity contribution in [3.05, 3.63) is 68.3 Å². The van der Waals surface area contributed by atoms with Crippen LogP contribution in [0.15, 0.2) is 42.5 Å². The number of halogens is 3. The Bertz CT molecular complexity index is 2750. The molecule has 4 aliphatic rings. The Hall–Kier alpha value is -6.53. The molecule has 0 spiro atoms. The van der Waals surface area contributed by atoms with Gasteiger partial charge in [0.2, 0.25) is 35.4 Å². The number of nitriles is 1. The number of nitrogens with one attached hydrogen (secondary N) is 4. The lowest BCUT2D eigenvalue weighted by molar-refractivity contribution is -0.140. The van der Waals surface area contributed by atoms with Gasteiger partial charge in [-0.2, -0.15) is 5.26 Å². The number of hydrogen-bond donors (Lipinski definition) is 7. The van der Waals surface area contributed by atoms with Gasteiger partial charge in [0.15, 0.2) is 0 Å². The highest BCUT2D eigenvalue weighted by Crippen LogP contribution is 2.34.